The Morgan fingerprint density at radius 2 is 2.00 bits per heavy atom. The minimum Gasteiger partial charge on any atom is -0.486 e. The van der Waals surface area contributed by atoms with Crippen LogP contribution in [0.2, 0.25) is 0 Å². The molecule has 1 aliphatic heterocycles. The van der Waals surface area contributed by atoms with Crippen LogP contribution in [0, 0.1) is 6.92 Å². The van der Waals surface area contributed by atoms with E-state index in [0.717, 1.165) is 10.5 Å². The van der Waals surface area contributed by atoms with Crippen molar-refractivity contribution in [3.63, 3.8) is 0 Å². The molecule has 1 saturated heterocycles. The van der Waals surface area contributed by atoms with Gasteiger partial charge in [0.2, 0.25) is 0 Å². The van der Waals surface area contributed by atoms with Gasteiger partial charge in [-0.2, -0.15) is 13.2 Å². The number of aryl methyl sites for hydroxylation is 1. The van der Waals surface area contributed by atoms with Crippen LogP contribution in [0.15, 0.2) is 41.0 Å². The molecule has 0 radical (unpaired) electrons. The molecule has 1 atom stereocenters. The van der Waals surface area contributed by atoms with Crippen molar-refractivity contribution < 1.29 is 31.9 Å². The Hall–Kier alpha value is -2.48. The molecule has 2 aromatic rings. The third kappa shape index (κ3) is 4.19. The number of rotatable bonds is 4. The van der Waals surface area contributed by atoms with Gasteiger partial charge >= 0.3 is 6.18 Å². The van der Waals surface area contributed by atoms with Gasteiger partial charge in [-0.05, 0) is 25.1 Å². The van der Waals surface area contributed by atoms with Gasteiger partial charge in [0.15, 0.2) is 11.9 Å². The molecule has 1 fully saturated rings. The summed E-state index contributed by atoms with van der Waals surface area (Å²) in [5.41, 5.74) is 1.28. The molecule has 1 amide bonds. The van der Waals surface area contributed by atoms with E-state index in [2.05, 4.69) is 0 Å². The summed E-state index contributed by atoms with van der Waals surface area (Å²) in [6.07, 6.45) is -5.16. The molecule has 1 aromatic heterocycles. The highest BCUT2D eigenvalue weighted by molar-refractivity contribution is 5.95. The Labute approximate surface area is 148 Å². The van der Waals surface area contributed by atoms with Crippen molar-refractivity contribution in [2.24, 2.45) is 0 Å². The molecule has 0 aliphatic carbocycles. The van der Waals surface area contributed by atoms with E-state index >= 15 is 0 Å². The van der Waals surface area contributed by atoms with Crippen molar-refractivity contribution in [2.75, 3.05) is 19.7 Å². The summed E-state index contributed by atoms with van der Waals surface area (Å²) in [4.78, 5) is 13.7. The summed E-state index contributed by atoms with van der Waals surface area (Å²) in [7, 11) is 0. The second-order valence-corrected chi connectivity index (χ2v) is 6.01. The largest absolute Gasteiger partial charge is 0.486 e. The highest BCUT2D eigenvalue weighted by Gasteiger charge is 2.44. The Kier molecular flexibility index (Phi) is 5.22. The number of carbonyl (C=O) groups is 1. The maximum Gasteiger partial charge on any atom is 0.416 e. The minimum atomic E-state index is -4.51. The Bertz CT molecular complexity index is 755. The zero-order valence-corrected chi connectivity index (χ0v) is 14.1. The molecular weight excluding hydrogens is 351 g/mol. The summed E-state index contributed by atoms with van der Waals surface area (Å²) < 4.78 is 54.1. The standard InChI is InChI=1S/C18H18F3NO4/c1-12-2-4-13(5-3-12)26-11-15-14(6-8-24-15)17(23)22-7-9-25-16(10-22)18(19,20)21/h2-6,8,16H,7,9-11H2,1H3/t16-/m1/s1. The summed E-state index contributed by atoms with van der Waals surface area (Å²) in [6.45, 7) is 1.34. The molecule has 0 unspecified atom stereocenters. The molecule has 0 saturated carbocycles. The fraction of sp³-hybridized carbons (Fsp3) is 0.389. The summed E-state index contributed by atoms with van der Waals surface area (Å²) in [5, 5.41) is 0. The number of benzene rings is 1. The normalized spacial score (nSPS) is 18.0. The van der Waals surface area contributed by atoms with Crippen LogP contribution in [0.1, 0.15) is 21.7 Å². The summed E-state index contributed by atoms with van der Waals surface area (Å²) in [5.74, 6) is 0.346. The maximum absolute atomic E-state index is 12.8. The number of furan rings is 1. The second kappa shape index (κ2) is 7.41. The average Bonchev–Trinajstić information content (AvgIpc) is 3.08. The SMILES string of the molecule is Cc1ccc(OCc2occc2C(=O)N2CCO[C@@H](C(F)(F)F)C2)cc1. The summed E-state index contributed by atoms with van der Waals surface area (Å²) in [6, 6.07) is 8.78. The first-order chi connectivity index (χ1) is 12.3. The molecule has 2 heterocycles. The van der Waals surface area contributed by atoms with Crippen molar-refractivity contribution in [1.29, 1.82) is 0 Å². The van der Waals surface area contributed by atoms with Gasteiger partial charge < -0.3 is 18.8 Å². The first-order valence-corrected chi connectivity index (χ1v) is 8.08. The lowest BCUT2D eigenvalue weighted by Gasteiger charge is -2.33. The Morgan fingerprint density at radius 3 is 2.69 bits per heavy atom. The lowest BCUT2D eigenvalue weighted by molar-refractivity contribution is -0.233. The molecule has 5 nitrogen and oxygen atoms in total. The van der Waals surface area contributed by atoms with Crippen LogP contribution in [0.4, 0.5) is 13.2 Å². The fourth-order valence-electron chi connectivity index (χ4n) is 2.63. The molecular formula is C18H18F3NO4. The van der Waals surface area contributed by atoms with Crippen molar-refractivity contribution in [2.45, 2.75) is 25.8 Å². The maximum atomic E-state index is 12.8. The molecule has 0 bridgehead atoms. The fourth-order valence-corrected chi connectivity index (χ4v) is 2.63. The number of amides is 1. The van der Waals surface area contributed by atoms with Gasteiger partial charge in [-0.25, -0.2) is 0 Å². The molecule has 0 N–H and O–H groups in total. The minimum absolute atomic E-state index is 0.00414. The predicted molar refractivity (Wildman–Crippen MR) is 85.9 cm³/mol. The third-order valence-corrected chi connectivity index (χ3v) is 4.09. The van der Waals surface area contributed by atoms with Crippen LogP contribution in [0.25, 0.3) is 0 Å². The van der Waals surface area contributed by atoms with E-state index in [-0.39, 0.29) is 31.1 Å². The Balaban J connectivity index is 1.67. The number of hydrogen-bond donors (Lipinski definition) is 0. The molecule has 1 aromatic carbocycles. The van der Waals surface area contributed by atoms with Gasteiger partial charge in [0.25, 0.3) is 5.91 Å². The molecule has 26 heavy (non-hydrogen) atoms. The van der Waals surface area contributed by atoms with Gasteiger partial charge in [-0.3, -0.25) is 4.79 Å². The highest BCUT2D eigenvalue weighted by Crippen LogP contribution is 2.27. The van der Waals surface area contributed by atoms with Crippen molar-refractivity contribution in [1.82, 2.24) is 4.90 Å². The van der Waals surface area contributed by atoms with Crippen molar-refractivity contribution >= 4 is 5.91 Å². The van der Waals surface area contributed by atoms with E-state index < -0.39 is 24.7 Å². The second-order valence-electron chi connectivity index (χ2n) is 6.01. The van der Waals surface area contributed by atoms with Crippen LogP contribution < -0.4 is 4.74 Å². The van der Waals surface area contributed by atoms with E-state index in [1.165, 1.54) is 12.3 Å². The van der Waals surface area contributed by atoms with Gasteiger partial charge in [0, 0.05) is 6.54 Å². The molecule has 8 heteroatoms. The molecule has 1 aliphatic rings. The smallest absolute Gasteiger partial charge is 0.416 e. The topological polar surface area (TPSA) is 51.9 Å². The van der Waals surface area contributed by atoms with E-state index in [1.54, 1.807) is 12.1 Å². The van der Waals surface area contributed by atoms with Crippen LogP contribution in [-0.2, 0) is 11.3 Å². The molecule has 3 rings (SSSR count). The number of halogens is 3. The van der Waals surface area contributed by atoms with Crippen LogP contribution in [-0.4, -0.2) is 42.8 Å². The Morgan fingerprint density at radius 1 is 1.27 bits per heavy atom. The van der Waals surface area contributed by atoms with Crippen LogP contribution in [0.5, 0.6) is 5.75 Å². The van der Waals surface area contributed by atoms with Crippen molar-refractivity contribution in [3.05, 3.63) is 53.5 Å². The van der Waals surface area contributed by atoms with Gasteiger partial charge in [-0.1, -0.05) is 17.7 Å². The quantitative estimate of drug-likeness (QED) is 0.827. The van der Waals surface area contributed by atoms with Crippen LogP contribution >= 0.6 is 0 Å². The molecule has 140 valence electrons. The third-order valence-electron chi connectivity index (χ3n) is 4.09. The average molecular weight is 369 g/mol. The highest BCUT2D eigenvalue weighted by atomic mass is 19.4. The first-order valence-electron chi connectivity index (χ1n) is 8.08. The molecule has 0 spiro atoms. The lowest BCUT2D eigenvalue weighted by Crippen LogP contribution is -2.51. The van der Waals surface area contributed by atoms with E-state index in [9.17, 15) is 18.0 Å². The number of ether oxygens (including phenoxy) is 2. The number of hydrogen-bond acceptors (Lipinski definition) is 4. The zero-order chi connectivity index (χ0) is 18.7. The van der Waals surface area contributed by atoms with E-state index in [4.69, 9.17) is 13.9 Å². The monoisotopic (exact) mass is 369 g/mol. The number of alkyl halides is 3. The number of morpholine rings is 1. The van der Waals surface area contributed by atoms with Crippen LogP contribution in [0.3, 0.4) is 0 Å². The predicted octanol–water partition coefficient (Wildman–Crippen LogP) is 3.57. The van der Waals surface area contributed by atoms with Gasteiger partial charge in [0.05, 0.1) is 25.0 Å². The van der Waals surface area contributed by atoms with E-state index in [0.29, 0.717) is 5.75 Å². The summed E-state index contributed by atoms with van der Waals surface area (Å²) >= 11 is 0. The number of nitrogens with zero attached hydrogens (tertiary/aromatic N) is 1. The van der Waals surface area contributed by atoms with Gasteiger partial charge in [-0.15, -0.1) is 0 Å². The lowest BCUT2D eigenvalue weighted by atomic mass is 10.2. The zero-order valence-electron chi connectivity index (χ0n) is 14.1. The number of carbonyl (C=O) groups excluding carboxylic acids is 1. The van der Waals surface area contributed by atoms with Crippen molar-refractivity contribution in [3.8, 4) is 5.75 Å². The first kappa shape index (κ1) is 18.3. The van der Waals surface area contributed by atoms with E-state index in [1.807, 2.05) is 19.1 Å². The van der Waals surface area contributed by atoms with Gasteiger partial charge in [0.1, 0.15) is 12.4 Å².